The van der Waals surface area contributed by atoms with Gasteiger partial charge in [-0.25, -0.2) is 0 Å². The highest BCUT2D eigenvalue weighted by Crippen LogP contribution is 2.50. The van der Waals surface area contributed by atoms with Gasteiger partial charge in [-0.3, -0.25) is 14.5 Å². The van der Waals surface area contributed by atoms with E-state index in [-0.39, 0.29) is 17.7 Å². The Kier molecular flexibility index (Phi) is 3.81. The maximum absolute atomic E-state index is 12.4. The van der Waals surface area contributed by atoms with E-state index in [1.807, 2.05) is 18.2 Å². The molecule has 118 valence electrons. The molecule has 3 atom stereocenters. The van der Waals surface area contributed by atoms with Crippen LogP contribution in [0.3, 0.4) is 0 Å². The molecular weight excluding hydrogens is 278 g/mol. The van der Waals surface area contributed by atoms with Crippen molar-refractivity contribution in [2.45, 2.75) is 51.2 Å². The number of fused-ring (bicyclic) bond motifs is 2. The first-order chi connectivity index (χ1) is 10.5. The van der Waals surface area contributed by atoms with Crippen molar-refractivity contribution >= 4 is 11.8 Å². The van der Waals surface area contributed by atoms with Crippen LogP contribution in [0.25, 0.3) is 0 Å². The number of aliphatic carboxylic acids is 1. The Bertz CT molecular complexity index is 583. The summed E-state index contributed by atoms with van der Waals surface area (Å²) < 4.78 is 0. The average Bonchev–Trinajstić information content (AvgIpc) is 2.72. The monoisotopic (exact) mass is 301 g/mol. The van der Waals surface area contributed by atoms with Gasteiger partial charge in [0.2, 0.25) is 0 Å². The molecular formula is C18H23NO3. The maximum atomic E-state index is 12.4. The van der Waals surface area contributed by atoms with Crippen molar-refractivity contribution in [3.63, 3.8) is 0 Å². The lowest BCUT2D eigenvalue weighted by Crippen LogP contribution is -2.63. The first-order valence-corrected chi connectivity index (χ1v) is 8.03. The average molecular weight is 301 g/mol. The van der Waals surface area contributed by atoms with Gasteiger partial charge in [-0.1, -0.05) is 44.2 Å². The van der Waals surface area contributed by atoms with Gasteiger partial charge >= 0.3 is 5.97 Å². The molecule has 2 aliphatic heterocycles. The summed E-state index contributed by atoms with van der Waals surface area (Å²) in [6.45, 7) is 4.82. The lowest BCUT2D eigenvalue weighted by molar-refractivity contribution is -0.160. The summed E-state index contributed by atoms with van der Waals surface area (Å²) in [5.41, 5.74) is 0.639. The molecule has 0 spiro atoms. The number of carbonyl (C=O) groups excluding carboxylic acids is 1. The van der Waals surface area contributed by atoms with Gasteiger partial charge in [-0.2, -0.15) is 0 Å². The maximum Gasteiger partial charge on any atom is 0.315 e. The van der Waals surface area contributed by atoms with Gasteiger partial charge in [0.1, 0.15) is 5.92 Å². The number of Topliss-reactive ketones (excluding diaryl/α,β-unsaturated/α-hetero) is 1. The highest BCUT2D eigenvalue weighted by molar-refractivity contribution is 6.01. The zero-order valence-electron chi connectivity index (χ0n) is 13.2. The zero-order valence-corrected chi connectivity index (χ0v) is 13.2. The summed E-state index contributed by atoms with van der Waals surface area (Å²) in [6.07, 6.45) is 2.09. The third-order valence-corrected chi connectivity index (χ3v) is 5.55. The van der Waals surface area contributed by atoms with E-state index in [0.29, 0.717) is 6.42 Å². The second-order valence-electron chi connectivity index (χ2n) is 6.89. The molecule has 1 unspecified atom stereocenters. The highest BCUT2D eigenvalue weighted by Gasteiger charge is 2.61. The summed E-state index contributed by atoms with van der Waals surface area (Å²) in [5, 5.41) is 9.68. The van der Waals surface area contributed by atoms with E-state index >= 15 is 0 Å². The van der Waals surface area contributed by atoms with Crippen LogP contribution in [0.5, 0.6) is 0 Å². The molecule has 22 heavy (non-hydrogen) atoms. The van der Waals surface area contributed by atoms with E-state index in [4.69, 9.17) is 0 Å². The number of hydrogen-bond donors (Lipinski definition) is 1. The number of benzene rings is 1. The van der Waals surface area contributed by atoms with Crippen molar-refractivity contribution in [3.8, 4) is 0 Å². The van der Waals surface area contributed by atoms with Crippen LogP contribution in [0.2, 0.25) is 0 Å². The van der Waals surface area contributed by atoms with Crippen molar-refractivity contribution in [3.05, 3.63) is 35.9 Å². The van der Waals surface area contributed by atoms with Crippen LogP contribution >= 0.6 is 0 Å². The molecule has 2 aliphatic rings. The summed E-state index contributed by atoms with van der Waals surface area (Å²) in [6, 6.07) is 10.3. The van der Waals surface area contributed by atoms with E-state index in [9.17, 15) is 14.7 Å². The molecule has 2 heterocycles. The van der Waals surface area contributed by atoms with E-state index < -0.39 is 17.4 Å². The number of carbonyl (C=O) groups is 2. The molecule has 2 bridgehead atoms. The zero-order chi connectivity index (χ0) is 15.9. The van der Waals surface area contributed by atoms with Crippen LogP contribution in [0.15, 0.2) is 30.3 Å². The highest BCUT2D eigenvalue weighted by atomic mass is 16.4. The number of rotatable bonds is 4. The van der Waals surface area contributed by atoms with Crippen LogP contribution < -0.4 is 0 Å². The fraction of sp³-hybridized carbons (Fsp3) is 0.556. The Balaban J connectivity index is 2.01. The molecule has 1 aromatic carbocycles. The molecule has 0 amide bonds. The van der Waals surface area contributed by atoms with Gasteiger partial charge in [0.25, 0.3) is 0 Å². The molecule has 3 rings (SSSR count). The third kappa shape index (κ3) is 2.17. The van der Waals surface area contributed by atoms with Crippen LogP contribution in [-0.2, 0) is 16.1 Å². The number of ketones is 1. The van der Waals surface area contributed by atoms with E-state index in [0.717, 1.165) is 19.4 Å². The smallest absolute Gasteiger partial charge is 0.315 e. The summed E-state index contributed by atoms with van der Waals surface area (Å²) in [4.78, 5) is 26.5. The lowest BCUT2D eigenvalue weighted by Gasteiger charge is -2.50. The number of piperidine rings is 1. The molecule has 4 nitrogen and oxygen atoms in total. The largest absolute Gasteiger partial charge is 0.481 e. The quantitative estimate of drug-likeness (QED) is 0.869. The standard InChI is InChI=1S/C18H23NO3/c1-12(2)18-9-8-14(10-15(20)16(18)17(21)22)19(18)11-13-6-4-3-5-7-13/h3-7,12,14,16H,8-11H2,1-2H3,(H,21,22)/t14-,16?,18+/m0/s1. The van der Waals surface area contributed by atoms with Crippen LogP contribution in [-0.4, -0.2) is 33.3 Å². The molecule has 2 fully saturated rings. The fourth-order valence-corrected chi connectivity index (χ4v) is 4.55. The van der Waals surface area contributed by atoms with Crippen LogP contribution in [0, 0.1) is 11.8 Å². The Morgan fingerprint density at radius 2 is 2.05 bits per heavy atom. The predicted molar refractivity (Wildman–Crippen MR) is 83.3 cm³/mol. The predicted octanol–water partition coefficient (Wildman–Crippen LogP) is 2.72. The van der Waals surface area contributed by atoms with E-state index in [1.165, 1.54) is 5.56 Å². The molecule has 1 N–H and O–H groups in total. The fourth-order valence-electron chi connectivity index (χ4n) is 4.55. The lowest BCUT2D eigenvalue weighted by atomic mass is 9.69. The third-order valence-electron chi connectivity index (χ3n) is 5.55. The number of hydrogen-bond acceptors (Lipinski definition) is 3. The Hall–Kier alpha value is -1.68. The van der Waals surface area contributed by atoms with Gasteiger partial charge < -0.3 is 5.11 Å². The van der Waals surface area contributed by atoms with Gasteiger partial charge in [-0.05, 0) is 24.3 Å². The number of nitrogens with zero attached hydrogens (tertiary/aromatic N) is 1. The van der Waals surface area contributed by atoms with Gasteiger partial charge in [0, 0.05) is 24.5 Å². The van der Waals surface area contributed by atoms with Gasteiger partial charge in [-0.15, -0.1) is 0 Å². The number of carboxylic acid groups (broad SMARTS) is 1. The summed E-state index contributed by atoms with van der Waals surface area (Å²) >= 11 is 0. The topological polar surface area (TPSA) is 57.6 Å². The van der Waals surface area contributed by atoms with E-state index in [2.05, 4.69) is 30.9 Å². The van der Waals surface area contributed by atoms with Gasteiger partial charge in [0.15, 0.2) is 5.78 Å². The summed E-state index contributed by atoms with van der Waals surface area (Å²) in [7, 11) is 0. The minimum atomic E-state index is -0.961. The Morgan fingerprint density at radius 3 is 2.64 bits per heavy atom. The van der Waals surface area contributed by atoms with Crippen molar-refractivity contribution in [2.24, 2.45) is 11.8 Å². The molecule has 0 saturated carbocycles. The van der Waals surface area contributed by atoms with Gasteiger partial charge in [0.05, 0.1) is 0 Å². The second kappa shape index (κ2) is 5.51. The first kappa shape index (κ1) is 15.2. The van der Waals surface area contributed by atoms with E-state index in [1.54, 1.807) is 0 Å². The second-order valence-corrected chi connectivity index (χ2v) is 6.89. The van der Waals surface area contributed by atoms with Crippen molar-refractivity contribution in [2.75, 3.05) is 0 Å². The van der Waals surface area contributed by atoms with Crippen molar-refractivity contribution in [1.82, 2.24) is 4.90 Å². The molecule has 1 aromatic rings. The summed E-state index contributed by atoms with van der Waals surface area (Å²) in [5.74, 6) is -1.81. The molecule has 4 heteroatoms. The first-order valence-electron chi connectivity index (χ1n) is 8.03. The van der Waals surface area contributed by atoms with Crippen molar-refractivity contribution in [1.29, 1.82) is 0 Å². The van der Waals surface area contributed by atoms with Crippen molar-refractivity contribution < 1.29 is 14.7 Å². The molecule has 0 radical (unpaired) electrons. The van der Waals surface area contributed by atoms with Crippen LogP contribution in [0.4, 0.5) is 0 Å². The minimum absolute atomic E-state index is 0.0898. The molecule has 0 aliphatic carbocycles. The Morgan fingerprint density at radius 1 is 1.36 bits per heavy atom. The normalized spacial score (nSPS) is 31.7. The minimum Gasteiger partial charge on any atom is -0.481 e. The number of carboxylic acids is 1. The molecule has 0 aromatic heterocycles. The molecule has 2 saturated heterocycles. The Labute approximate surface area is 131 Å². The van der Waals surface area contributed by atoms with Crippen LogP contribution in [0.1, 0.15) is 38.7 Å². The SMILES string of the molecule is CC(C)[C@]12CC[C@@H](CC(=O)C1C(=O)O)N2Cc1ccccc1.